The lowest BCUT2D eigenvalue weighted by molar-refractivity contribution is 0.0982. The van der Waals surface area contributed by atoms with Crippen LogP contribution >= 0.6 is 0 Å². The Morgan fingerprint density at radius 2 is 1.52 bits per heavy atom. The van der Waals surface area contributed by atoms with Gasteiger partial charge in [0.2, 0.25) is 0 Å². The average molecular weight is 412 g/mol. The highest BCUT2D eigenvalue weighted by Crippen LogP contribution is 2.23. The fourth-order valence-corrected chi connectivity index (χ4v) is 3.55. The van der Waals surface area contributed by atoms with Gasteiger partial charge in [-0.05, 0) is 42.0 Å². The largest absolute Gasteiger partial charge is 0.378 e. The highest BCUT2D eigenvalue weighted by atomic mass is 16.1. The van der Waals surface area contributed by atoms with E-state index in [1.54, 1.807) is 0 Å². The van der Waals surface area contributed by atoms with Crippen molar-refractivity contribution in [1.29, 1.82) is 0 Å². The molecule has 0 aliphatic carbocycles. The number of carbonyl (C=O) groups excluding carboxylic acids is 2. The summed E-state index contributed by atoms with van der Waals surface area (Å²) in [5.41, 5.74) is 6.07. The molecule has 5 heteroatoms. The lowest BCUT2D eigenvalue weighted by atomic mass is 10.0. The van der Waals surface area contributed by atoms with Crippen LogP contribution in [0.2, 0.25) is 0 Å². The molecule has 31 heavy (non-hydrogen) atoms. The Morgan fingerprint density at radius 1 is 0.871 bits per heavy atom. The number of ketones is 2. The van der Waals surface area contributed by atoms with Crippen LogP contribution in [0.5, 0.6) is 0 Å². The number of fused-ring (bicyclic) bond motifs is 1. The normalized spacial score (nSPS) is 10.9. The molecular formula is C26H25N3O2. The Morgan fingerprint density at radius 3 is 2.16 bits per heavy atom. The Labute approximate surface area is 181 Å². The van der Waals surface area contributed by atoms with Crippen LogP contribution in [0.1, 0.15) is 39.6 Å². The van der Waals surface area contributed by atoms with Crippen molar-refractivity contribution in [2.75, 3.05) is 19.0 Å². The predicted octanol–water partition coefficient (Wildman–Crippen LogP) is 5.31. The van der Waals surface area contributed by atoms with Crippen LogP contribution in [-0.4, -0.2) is 35.6 Å². The fourth-order valence-electron chi connectivity index (χ4n) is 3.55. The first-order chi connectivity index (χ1) is 14.9. The van der Waals surface area contributed by atoms with E-state index in [1.165, 1.54) is 0 Å². The molecule has 0 atom stereocenters. The number of nitrogens with zero attached hydrogens (tertiary/aromatic N) is 2. The molecule has 5 nitrogen and oxygen atoms in total. The van der Waals surface area contributed by atoms with E-state index in [4.69, 9.17) is 0 Å². The van der Waals surface area contributed by atoms with Gasteiger partial charge in [0.1, 0.15) is 5.82 Å². The van der Waals surface area contributed by atoms with E-state index in [-0.39, 0.29) is 11.6 Å². The third-order valence-corrected chi connectivity index (χ3v) is 5.42. The Balaban J connectivity index is 1.53. The van der Waals surface area contributed by atoms with Crippen molar-refractivity contribution >= 4 is 28.3 Å². The van der Waals surface area contributed by atoms with Crippen LogP contribution in [0.4, 0.5) is 5.69 Å². The lowest BCUT2D eigenvalue weighted by Crippen LogP contribution is -2.09. The number of carbonyl (C=O) groups is 2. The molecule has 0 amide bonds. The van der Waals surface area contributed by atoms with Gasteiger partial charge in [-0.25, -0.2) is 4.98 Å². The van der Waals surface area contributed by atoms with Crippen molar-refractivity contribution < 1.29 is 9.59 Å². The molecule has 0 fully saturated rings. The SMILES string of the molecule is CCC(=O)c1ccc(-c2nc3ccc(CC(=O)c4ccc(N(C)C)cc4)cc3[nH]2)cc1. The molecule has 4 aromatic rings. The number of imidazole rings is 1. The minimum Gasteiger partial charge on any atom is -0.378 e. The minimum absolute atomic E-state index is 0.0839. The second-order valence-corrected chi connectivity index (χ2v) is 7.83. The smallest absolute Gasteiger partial charge is 0.167 e. The number of aromatic amines is 1. The van der Waals surface area contributed by atoms with Gasteiger partial charge in [-0.15, -0.1) is 0 Å². The molecule has 0 aliphatic rings. The molecular weight excluding hydrogens is 386 g/mol. The number of anilines is 1. The lowest BCUT2D eigenvalue weighted by Gasteiger charge is -2.12. The van der Waals surface area contributed by atoms with Crippen LogP contribution in [-0.2, 0) is 6.42 Å². The number of rotatable bonds is 7. The zero-order valence-electron chi connectivity index (χ0n) is 18.0. The van der Waals surface area contributed by atoms with E-state index in [9.17, 15) is 9.59 Å². The van der Waals surface area contributed by atoms with Gasteiger partial charge < -0.3 is 9.88 Å². The number of aromatic nitrogens is 2. The van der Waals surface area contributed by atoms with Gasteiger partial charge in [0.05, 0.1) is 11.0 Å². The Bertz CT molecular complexity index is 1240. The molecule has 1 heterocycles. The highest BCUT2D eigenvalue weighted by molar-refractivity contribution is 5.98. The standard InChI is InChI=1S/C26H25N3O2/c1-4-24(30)18-6-8-20(9-7-18)26-27-22-14-5-17(15-23(22)28-26)16-25(31)19-10-12-21(13-11-19)29(2)3/h5-15H,4,16H2,1-3H3,(H,27,28). The predicted molar refractivity (Wildman–Crippen MR) is 125 cm³/mol. The number of nitrogens with one attached hydrogen (secondary N) is 1. The van der Waals surface area contributed by atoms with Crippen LogP contribution < -0.4 is 4.90 Å². The monoisotopic (exact) mass is 411 g/mol. The quantitative estimate of drug-likeness (QED) is 0.418. The molecule has 1 N–H and O–H groups in total. The van der Waals surface area contributed by atoms with Gasteiger partial charge in [-0.2, -0.15) is 0 Å². The first-order valence-electron chi connectivity index (χ1n) is 10.4. The van der Waals surface area contributed by atoms with Crippen LogP contribution in [0.3, 0.4) is 0 Å². The summed E-state index contributed by atoms with van der Waals surface area (Å²) in [4.78, 5) is 34.5. The summed E-state index contributed by atoms with van der Waals surface area (Å²) < 4.78 is 0. The maximum absolute atomic E-state index is 12.7. The summed E-state index contributed by atoms with van der Waals surface area (Å²) in [6.07, 6.45) is 0.824. The molecule has 0 aliphatic heterocycles. The summed E-state index contributed by atoms with van der Waals surface area (Å²) in [5.74, 6) is 0.954. The summed E-state index contributed by atoms with van der Waals surface area (Å²) in [6, 6.07) is 21.0. The molecule has 0 unspecified atom stereocenters. The number of hydrogen-bond acceptors (Lipinski definition) is 4. The molecule has 4 rings (SSSR count). The highest BCUT2D eigenvalue weighted by Gasteiger charge is 2.11. The topological polar surface area (TPSA) is 66.1 Å². The average Bonchev–Trinajstić information content (AvgIpc) is 3.22. The zero-order chi connectivity index (χ0) is 22.0. The summed E-state index contributed by atoms with van der Waals surface area (Å²) >= 11 is 0. The number of H-pyrrole nitrogens is 1. The van der Waals surface area contributed by atoms with Gasteiger partial charge in [-0.3, -0.25) is 9.59 Å². The molecule has 0 saturated carbocycles. The molecule has 0 saturated heterocycles. The molecule has 1 aromatic heterocycles. The summed E-state index contributed by atoms with van der Waals surface area (Å²) in [7, 11) is 3.95. The molecule has 3 aromatic carbocycles. The van der Waals surface area contributed by atoms with E-state index >= 15 is 0 Å². The van der Waals surface area contributed by atoms with E-state index in [2.05, 4.69) is 9.97 Å². The van der Waals surface area contributed by atoms with Crippen molar-refractivity contribution in [3.05, 3.63) is 83.4 Å². The van der Waals surface area contributed by atoms with E-state index in [0.717, 1.165) is 33.7 Å². The zero-order valence-corrected chi connectivity index (χ0v) is 18.0. The minimum atomic E-state index is 0.0839. The molecule has 0 bridgehead atoms. The van der Waals surface area contributed by atoms with Gasteiger partial charge >= 0.3 is 0 Å². The van der Waals surface area contributed by atoms with Crippen molar-refractivity contribution in [3.63, 3.8) is 0 Å². The number of Topliss-reactive ketones (excluding diaryl/α,β-unsaturated/α-hetero) is 2. The van der Waals surface area contributed by atoms with Gasteiger partial charge in [0.15, 0.2) is 11.6 Å². The maximum atomic E-state index is 12.7. The molecule has 0 spiro atoms. The van der Waals surface area contributed by atoms with E-state index in [1.807, 2.05) is 92.6 Å². The van der Waals surface area contributed by atoms with Crippen molar-refractivity contribution in [2.24, 2.45) is 0 Å². The van der Waals surface area contributed by atoms with Gasteiger partial charge in [-0.1, -0.05) is 37.3 Å². The third kappa shape index (κ3) is 4.40. The van der Waals surface area contributed by atoms with Crippen LogP contribution in [0.25, 0.3) is 22.4 Å². The second-order valence-electron chi connectivity index (χ2n) is 7.83. The van der Waals surface area contributed by atoms with E-state index < -0.39 is 0 Å². The first kappa shape index (κ1) is 20.5. The second kappa shape index (κ2) is 8.56. The Kier molecular flexibility index (Phi) is 5.67. The molecule has 0 radical (unpaired) electrons. The van der Waals surface area contributed by atoms with Gasteiger partial charge in [0, 0.05) is 49.3 Å². The Hall–Kier alpha value is -3.73. The van der Waals surface area contributed by atoms with Crippen molar-refractivity contribution in [2.45, 2.75) is 19.8 Å². The third-order valence-electron chi connectivity index (χ3n) is 5.42. The van der Waals surface area contributed by atoms with Gasteiger partial charge in [0.25, 0.3) is 0 Å². The van der Waals surface area contributed by atoms with Crippen molar-refractivity contribution in [3.8, 4) is 11.4 Å². The first-order valence-corrected chi connectivity index (χ1v) is 10.4. The number of hydrogen-bond donors (Lipinski definition) is 1. The van der Waals surface area contributed by atoms with E-state index in [0.29, 0.717) is 24.0 Å². The molecule has 156 valence electrons. The summed E-state index contributed by atoms with van der Waals surface area (Å²) in [5, 5.41) is 0. The fraction of sp³-hybridized carbons (Fsp3) is 0.192. The summed E-state index contributed by atoms with van der Waals surface area (Å²) in [6.45, 7) is 1.86. The van der Waals surface area contributed by atoms with Crippen molar-refractivity contribution in [1.82, 2.24) is 9.97 Å². The number of benzene rings is 3. The van der Waals surface area contributed by atoms with Crippen LogP contribution in [0.15, 0.2) is 66.7 Å². The maximum Gasteiger partial charge on any atom is 0.167 e. The van der Waals surface area contributed by atoms with Crippen LogP contribution in [0, 0.1) is 0 Å².